The fourth-order valence-corrected chi connectivity index (χ4v) is 3.85. The van der Waals surface area contributed by atoms with Gasteiger partial charge in [0.05, 0.1) is 11.0 Å². The lowest BCUT2D eigenvalue weighted by Crippen LogP contribution is -2.25. The molecule has 0 aliphatic carbocycles. The molecule has 0 N–H and O–H groups in total. The van der Waals surface area contributed by atoms with Crippen molar-refractivity contribution in [3.05, 3.63) is 23.8 Å². The minimum atomic E-state index is -2.87. The van der Waals surface area contributed by atoms with Gasteiger partial charge in [0, 0.05) is 0 Å². The second kappa shape index (κ2) is 8.75. The Morgan fingerprint density at radius 1 is 1.08 bits per heavy atom. The first kappa shape index (κ1) is 19.1. The van der Waals surface area contributed by atoms with E-state index in [1.165, 1.54) is 5.56 Å². The number of ether oxygens (including phenoxy) is 2. The molecule has 1 unspecified atom stereocenters. The number of rotatable bonds is 9. The third-order valence-corrected chi connectivity index (χ3v) is 6.72. The van der Waals surface area contributed by atoms with Crippen molar-refractivity contribution >= 4 is 9.84 Å². The molecule has 0 aromatic heterocycles. The summed E-state index contributed by atoms with van der Waals surface area (Å²) in [7, 11) is -2.87. The van der Waals surface area contributed by atoms with Crippen LogP contribution < -0.4 is 9.47 Å². The van der Waals surface area contributed by atoms with Crippen LogP contribution in [0.15, 0.2) is 18.2 Å². The zero-order valence-electron chi connectivity index (χ0n) is 15.1. The van der Waals surface area contributed by atoms with Crippen molar-refractivity contribution < 1.29 is 17.9 Å². The Morgan fingerprint density at radius 2 is 1.79 bits per heavy atom. The molecule has 0 radical (unpaired) electrons. The van der Waals surface area contributed by atoms with Crippen molar-refractivity contribution in [2.75, 3.05) is 12.4 Å². The Labute approximate surface area is 146 Å². The topological polar surface area (TPSA) is 52.6 Å². The number of hydrogen-bond acceptors (Lipinski definition) is 4. The molecule has 1 aliphatic rings. The van der Waals surface area contributed by atoms with E-state index in [1.807, 2.05) is 13.0 Å². The van der Waals surface area contributed by atoms with E-state index in [0.717, 1.165) is 50.0 Å². The van der Waals surface area contributed by atoms with Crippen LogP contribution in [0.3, 0.4) is 0 Å². The highest BCUT2D eigenvalue weighted by molar-refractivity contribution is 7.91. The smallest absolute Gasteiger partial charge is 0.162 e. The van der Waals surface area contributed by atoms with Gasteiger partial charge in [0.15, 0.2) is 21.3 Å². The largest absolute Gasteiger partial charge is 0.486 e. The zero-order valence-corrected chi connectivity index (χ0v) is 15.9. The summed E-state index contributed by atoms with van der Waals surface area (Å²) >= 11 is 0. The minimum Gasteiger partial charge on any atom is -0.486 e. The molecule has 24 heavy (non-hydrogen) atoms. The van der Waals surface area contributed by atoms with Gasteiger partial charge in [0.1, 0.15) is 12.7 Å². The van der Waals surface area contributed by atoms with Crippen LogP contribution in [-0.4, -0.2) is 32.1 Å². The second-order valence-electron chi connectivity index (χ2n) is 6.95. The molecule has 1 atom stereocenters. The molecule has 0 bridgehead atoms. The highest BCUT2D eigenvalue weighted by Crippen LogP contribution is 2.32. The van der Waals surface area contributed by atoms with Gasteiger partial charge in [-0.1, -0.05) is 25.3 Å². The molecular weight excluding hydrogens is 324 g/mol. The van der Waals surface area contributed by atoms with Gasteiger partial charge in [-0.15, -0.1) is 0 Å². The number of fused-ring (bicyclic) bond motifs is 1. The van der Waals surface area contributed by atoms with Gasteiger partial charge in [-0.25, -0.2) is 8.42 Å². The standard InChI is InChI=1S/C19H30O4S/c1-15(2)24(20,21)12-8-6-4-5-7-9-17-10-11-18-19(13-17)23-16(3)14-22-18/h10-11,13,15-16H,4-9,12,14H2,1-3H3. The van der Waals surface area contributed by atoms with Crippen LogP contribution in [-0.2, 0) is 16.3 Å². The van der Waals surface area contributed by atoms with Gasteiger partial charge < -0.3 is 9.47 Å². The molecule has 0 fully saturated rings. The maximum absolute atomic E-state index is 11.7. The van der Waals surface area contributed by atoms with E-state index >= 15 is 0 Å². The third-order valence-electron chi connectivity index (χ3n) is 4.42. The van der Waals surface area contributed by atoms with Crippen LogP contribution >= 0.6 is 0 Å². The lowest BCUT2D eigenvalue weighted by atomic mass is 10.0. The molecule has 136 valence electrons. The summed E-state index contributed by atoms with van der Waals surface area (Å²) in [6.07, 6.45) is 6.24. The van der Waals surface area contributed by atoms with E-state index in [0.29, 0.717) is 12.4 Å². The van der Waals surface area contributed by atoms with Crippen LogP contribution in [0.25, 0.3) is 0 Å². The molecular formula is C19H30O4S. The van der Waals surface area contributed by atoms with Crippen molar-refractivity contribution in [2.24, 2.45) is 0 Å². The lowest BCUT2D eigenvalue weighted by Gasteiger charge is -2.24. The second-order valence-corrected chi connectivity index (χ2v) is 9.63. The Bertz CT molecular complexity index is 622. The van der Waals surface area contributed by atoms with Crippen LogP contribution in [0, 0.1) is 0 Å². The highest BCUT2D eigenvalue weighted by Gasteiger charge is 2.17. The van der Waals surface area contributed by atoms with Crippen LogP contribution in [0.5, 0.6) is 11.5 Å². The zero-order chi connectivity index (χ0) is 17.6. The summed E-state index contributed by atoms with van der Waals surface area (Å²) in [6, 6.07) is 6.18. The summed E-state index contributed by atoms with van der Waals surface area (Å²) in [5, 5.41) is -0.254. The van der Waals surface area contributed by atoms with E-state index in [-0.39, 0.29) is 11.4 Å². The minimum absolute atomic E-state index is 0.106. The van der Waals surface area contributed by atoms with Crippen molar-refractivity contribution in [1.82, 2.24) is 0 Å². The molecule has 0 saturated heterocycles. The first-order chi connectivity index (χ1) is 11.4. The van der Waals surface area contributed by atoms with E-state index in [4.69, 9.17) is 9.47 Å². The van der Waals surface area contributed by atoms with Crippen LogP contribution in [0.1, 0.15) is 58.4 Å². The number of benzene rings is 1. The maximum atomic E-state index is 11.7. The van der Waals surface area contributed by atoms with Gasteiger partial charge in [0.25, 0.3) is 0 Å². The molecule has 1 aliphatic heterocycles. The summed E-state index contributed by atoms with van der Waals surface area (Å²) < 4.78 is 34.9. The molecule has 0 saturated carbocycles. The molecule has 0 amide bonds. The van der Waals surface area contributed by atoms with E-state index in [2.05, 4.69) is 12.1 Å². The van der Waals surface area contributed by atoms with Crippen LogP contribution in [0.2, 0.25) is 0 Å². The summed E-state index contributed by atoms with van der Waals surface area (Å²) in [4.78, 5) is 0. The molecule has 1 aromatic rings. The predicted octanol–water partition coefficient (Wildman–Crippen LogP) is 4.16. The summed E-state index contributed by atoms with van der Waals surface area (Å²) in [5.74, 6) is 2.01. The average molecular weight is 355 g/mol. The van der Waals surface area contributed by atoms with Crippen molar-refractivity contribution in [2.45, 2.75) is 70.7 Å². The normalized spacial score (nSPS) is 17.2. The number of hydrogen-bond donors (Lipinski definition) is 0. The monoisotopic (exact) mass is 354 g/mol. The summed E-state index contributed by atoms with van der Waals surface area (Å²) in [6.45, 7) is 6.13. The van der Waals surface area contributed by atoms with Gasteiger partial charge >= 0.3 is 0 Å². The van der Waals surface area contributed by atoms with Gasteiger partial charge in [0.2, 0.25) is 0 Å². The summed E-state index contributed by atoms with van der Waals surface area (Å²) in [5.41, 5.74) is 1.27. The fourth-order valence-electron chi connectivity index (χ4n) is 2.78. The SMILES string of the molecule is CC1COc2ccc(CCCCCCCS(=O)(=O)C(C)C)cc2O1. The first-order valence-corrected chi connectivity index (χ1v) is 10.7. The molecule has 0 spiro atoms. The fraction of sp³-hybridized carbons (Fsp3) is 0.684. The quantitative estimate of drug-likeness (QED) is 0.625. The Morgan fingerprint density at radius 3 is 2.54 bits per heavy atom. The third kappa shape index (κ3) is 5.69. The number of aryl methyl sites for hydroxylation is 1. The number of sulfone groups is 1. The lowest BCUT2D eigenvalue weighted by molar-refractivity contribution is 0.104. The van der Waals surface area contributed by atoms with E-state index < -0.39 is 9.84 Å². The Hall–Kier alpha value is -1.23. The first-order valence-electron chi connectivity index (χ1n) is 9.02. The molecule has 5 heteroatoms. The van der Waals surface area contributed by atoms with Crippen molar-refractivity contribution in [3.63, 3.8) is 0 Å². The average Bonchev–Trinajstić information content (AvgIpc) is 2.53. The molecule has 1 aromatic carbocycles. The van der Waals surface area contributed by atoms with Crippen LogP contribution in [0.4, 0.5) is 0 Å². The van der Waals surface area contributed by atoms with E-state index in [1.54, 1.807) is 13.8 Å². The Kier molecular flexibility index (Phi) is 6.96. The predicted molar refractivity (Wildman–Crippen MR) is 97.7 cm³/mol. The van der Waals surface area contributed by atoms with Gasteiger partial charge in [-0.2, -0.15) is 0 Å². The van der Waals surface area contributed by atoms with Gasteiger partial charge in [-0.3, -0.25) is 0 Å². The van der Waals surface area contributed by atoms with Gasteiger partial charge in [-0.05, 0) is 57.7 Å². The molecule has 4 nitrogen and oxygen atoms in total. The Balaban J connectivity index is 1.64. The maximum Gasteiger partial charge on any atom is 0.162 e. The molecule has 1 heterocycles. The highest BCUT2D eigenvalue weighted by atomic mass is 32.2. The van der Waals surface area contributed by atoms with Crippen molar-refractivity contribution in [3.8, 4) is 11.5 Å². The van der Waals surface area contributed by atoms with Crippen molar-refractivity contribution in [1.29, 1.82) is 0 Å². The van der Waals surface area contributed by atoms with E-state index in [9.17, 15) is 8.42 Å². The number of unbranched alkanes of at least 4 members (excludes halogenated alkanes) is 4. The molecule has 2 rings (SSSR count).